The molecule has 0 spiro atoms. The highest BCUT2D eigenvalue weighted by Crippen LogP contribution is 2.12. The fourth-order valence-corrected chi connectivity index (χ4v) is 1.70. The van der Waals surface area contributed by atoms with Gasteiger partial charge in [0.1, 0.15) is 0 Å². The van der Waals surface area contributed by atoms with Crippen LogP contribution in [0.1, 0.15) is 12.5 Å². The first-order chi connectivity index (χ1) is 8.52. The van der Waals surface area contributed by atoms with Gasteiger partial charge in [0.05, 0.1) is 16.9 Å². The van der Waals surface area contributed by atoms with Gasteiger partial charge < -0.3 is 4.90 Å². The van der Waals surface area contributed by atoms with Crippen LogP contribution in [0.2, 0.25) is 0 Å². The lowest BCUT2D eigenvalue weighted by molar-refractivity contribution is -0.384. The molecular weight excluding hydrogens is 230 g/mol. The molecule has 0 aromatic heterocycles. The van der Waals surface area contributed by atoms with Crippen LogP contribution in [0.5, 0.6) is 0 Å². The van der Waals surface area contributed by atoms with Crippen LogP contribution in [0.15, 0.2) is 24.3 Å². The molecule has 0 N–H and O–H groups in total. The lowest BCUT2D eigenvalue weighted by Gasteiger charge is -2.17. The Kier molecular flexibility index (Phi) is 5.28. The molecule has 1 aromatic rings. The number of rotatable bonds is 6. The number of hydrogen-bond donors (Lipinski definition) is 0. The summed E-state index contributed by atoms with van der Waals surface area (Å²) in [6.07, 6.45) is 0.826. The van der Waals surface area contributed by atoms with Crippen molar-refractivity contribution in [2.45, 2.75) is 13.3 Å². The molecule has 18 heavy (non-hydrogen) atoms. The molecule has 1 rings (SSSR count). The standard InChI is InChI=1S/C13H17N3O2/c1-11(9-14)10-15(2)8-7-12-3-5-13(6-4-12)16(17)18/h3-6,11H,7-8,10H2,1-2H3. The zero-order valence-corrected chi connectivity index (χ0v) is 10.7. The first-order valence-electron chi connectivity index (χ1n) is 5.84. The normalized spacial score (nSPS) is 12.1. The van der Waals surface area contributed by atoms with E-state index in [0.717, 1.165) is 25.1 Å². The molecule has 0 fully saturated rings. The summed E-state index contributed by atoms with van der Waals surface area (Å²) in [5.41, 5.74) is 1.18. The predicted octanol–water partition coefficient (Wildman–Crippen LogP) is 2.23. The molecule has 0 amide bonds. The van der Waals surface area contributed by atoms with Crippen molar-refractivity contribution in [3.63, 3.8) is 0 Å². The Morgan fingerprint density at radius 3 is 2.56 bits per heavy atom. The van der Waals surface area contributed by atoms with Crippen molar-refractivity contribution in [1.29, 1.82) is 5.26 Å². The Morgan fingerprint density at radius 1 is 1.44 bits per heavy atom. The van der Waals surface area contributed by atoms with Gasteiger partial charge in [-0.15, -0.1) is 0 Å². The van der Waals surface area contributed by atoms with Gasteiger partial charge in [-0.25, -0.2) is 0 Å². The van der Waals surface area contributed by atoms with E-state index in [4.69, 9.17) is 5.26 Å². The molecule has 5 nitrogen and oxygen atoms in total. The average molecular weight is 247 g/mol. The quantitative estimate of drug-likeness (QED) is 0.571. The fourth-order valence-electron chi connectivity index (χ4n) is 1.70. The largest absolute Gasteiger partial charge is 0.305 e. The summed E-state index contributed by atoms with van der Waals surface area (Å²) in [6.45, 7) is 3.47. The zero-order chi connectivity index (χ0) is 13.5. The highest BCUT2D eigenvalue weighted by Gasteiger charge is 2.07. The monoisotopic (exact) mass is 247 g/mol. The third-order valence-electron chi connectivity index (χ3n) is 2.74. The van der Waals surface area contributed by atoms with E-state index in [9.17, 15) is 10.1 Å². The highest BCUT2D eigenvalue weighted by molar-refractivity contribution is 5.32. The minimum Gasteiger partial charge on any atom is -0.305 e. The van der Waals surface area contributed by atoms with Crippen molar-refractivity contribution < 1.29 is 4.92 Å². The molecule has 0 aliphatic carbocycles. The third-order valence-corrected chi connectivity index (χ3v) is 2.74. The van der Waals surface area contributed by atoms with Gasteiger partial charge in [-0.3, -0.25) is 10.1 Å². The van der Waals surface area contributed by atoms with Gasteiger partial charge in [0.25, 0.3) is 5.69 Å². The summed E-state index contributed by atoms with van der Waals surface area (Å²) in [5.74, 6) is 0.0202. The topological polar surface area (TPSA) is 70.2 Å². The fraction of sp³-hybridized carbons (Fsp3) is 0.462. The van der Waals surface area contributed by atoms with Crippen LogP contribution in [0.3, 0.4) is 0 Å². The molecule has 0 aliphatic rings. The van der Waals surface area contributed by atoms with Crippen molar-refractivity contribution in [1.82, 2.24) is 4.90 Å². The lowest BCUT2D eigenvalue weighted by atomic mass is 10.1. The predicted molar refractivity (Wildman–Crippen MR) is 69.1 cm³/mol. The van der Waals surface area contributed by atoms with E-state index >= 15 is 0 Å². The second kappa shape index (κ2) is 6.72. The van der Waals surface area contributed by atoms with Crippen LogP contribution in [0.4, 0.5) is 5.69 Å². The van der Waals surface area contributed by atoms with Crippen LogP contribution >= 0.6 is 0 Å². The second-order valence-electron chi connectivity index (χ2n) is 4.47. The first kappa shape index (κ1) is 14.1. The van der Waals surface area contributed by atoms with Gasteiger partial charge in [-0.1, -0.05) is 12.1 Å². The Bertz CT molecular complexity index is 437. The SMILES string of the molecule is CC(C#N)CN(C)CCc1ccc([N+](=O)[O-])cc1. The van der Waals surface area contributed by atoms with Gasteiger partial charge in [0.2, 0.25) is 0 Å². The molecule has 0 saturated carbocycles. The van der Waals surface area contributed by atoms with E-state index in [0.29, 0.717) is 0 Å². The summed E-state index contributed by atoms with van der Waals surface area (Å²) in [6, 6.07) is 8.79. The van der Waals surface area contributed by atoms with E-state index < -0.39 is 4.92 Å². The number of hydrogen-bond acceptors (Lipinski definition) is 4. The average Bonchev–Trinajstić information content (AvgIpc) is 2.36. The number of nitrogens with zero attached hydrogens (tertiary/aromatic N) is 3. The van der Waals surface area contributed by atoms with Crippen molar-refractivity contribution in [2.24, 2.45) is 5.92 Å². The van der Waals surface area contributed by atoms with E-state index in [-0.39, 0.29) is 11.6 Å². The van der Waals surface area contributed by atoms with Crippen LogP contribution in [0.25, 0.3) is 0 Å². The third kappa shape index (κ3) is 4.52. The molecule has 96 valence electrons. The van der Waals surface area contributed by atoms with Crippen molar-refractivity contribution in [3.05, 3.63) is 39.9 Å². The molecular formula is C13H17N3O2. The molecule has 1 atom stereocenters. The number of nitro benzene ring substituents is 1. The Balaban J connectivity index is 2.44. The summed E-state index contributed by atoms with van der Waals surface area (Å²) in [5, 5.41) is 19.2. The molecule has 0 saturated heterocycles. The van der Waals surface area contributed by atoms with Crippen LogP contribution < -0.4 is 0 Å². The number of non-ortho nitro benzene ring substituents is 1. The van der Waals surface area contributed by atoms with Crippen molar-refractivity contribution in [3.8, 4) is 6.07 Å². The van der Waals surface area contributed by atoms with Crippen LogP contribution in [-0.4, -0.2) is 30.0 Å². The summed E-state index contributed by atoms with van der Waals surface area (Å²) in [7, 11) is 1.97. The summed E-state index contributed by atoms with van der Waals surface area (Å²) >= 11 is 0. The zero-order valence-electron chi connectivity index (χ0n) is 10.7. The molecule has 0 aliphatic heterocycles. The maximum atomic E-state index is 10.5. The van der Waals surface area contributed by atoms with Crippen molar-refractivity contribution >= 4 is 5.69 Å². The van der Waals surface area contributed by atoms with E-state index in [1.807, 2.05) is 14.0 Å². The minimum atomic E-state index is -0.398. The number of likely N-dealkylation sites (N-methyl/N-ethyl adjacent to an activating group) is 1. The first-order valence-corrected chi connectivity index (χ1v) is 5.84. The summed E-state index contributed by atoms with van der Waals surface area (Å²) < 4.78 is 0. The lowest BCUT2D eigenvalue weighted by Crippen LogP contribution is -2.26. The molecule has 5 heteroatoms. The number of nitriles is 1. The smallest absolute Gasteiger partial charge is 0.269 e. The van der Waals surface area contributed by atoms with Gasteiger partial charge in [0.15, 0.2) is 0 Å². The Labute approximate surface area is 107 Å². The van der Waals surface area contributed by atoms with E-state index in [1.54, 1.807) is 12.1 Å². The number of nitro groups is 1. The minimum absolute atomic E-state index is 0.0202. The Morgan fingerprint density at radius 2 is 2.06 bits per heavy atom. The molecule has 0 heterocycles. The maximum Gasteiger partial charge on any atom is 0.269 e. The van der Waals surface area contributed by atoms with Gasteiger partial charge in [-0.2, -0.15) is 5.26 Å². The molecule has 1 aromatic carbocycles. The van der Waals surface area contributed by atoms with Crippen LogP contribution in [-0.2, 0) is 6.42 Å². The highest BCUT2D eigenvalue weighted by atomic mass is 16.6. The maximum absolute atomic E-state index is 10.5. The van der Waals surface area contributed by atoms with Gasteiger partial charge in [-0.05, 0) is 26.0 Å². The molecule has 0 radical (unpaired) electrons. The van der Waals surface area contributed by atoms with Crippen LogP contribution in [0, 0.1) is 27.4 Å². The van der Waals surface area contributed by atoms with Crippen molar-refractivity contribution in [2.75, 3.05) is 20.1 Å². The Hall–Kier alpha value is -1.93. The summed E-state index contributed by atoms with van der Waals surface area (Å²) in [4.78, 5) is 12.2. The van der Waals surface area contributed by atoms with E-state index in [2.05, 4.69) is 11.0 Å². The molecule has 0 bridgehead atoms. The number of benzene rings is 1. The van der Waals surface area contributed by atoms with Gasteiger partial charge >= 0.3 is 0 Å². The van der Waals surface area contributed by atoms with Gasteiger partial charge in [0, 0.05) is 25.2 Å². The molecule has 1 unspecified atom stereocenters. The second-order valence-corrected chi connectivity index (χ2v) is 4.47. The van der Waals surface area contributed by atoms with E-state index in [1.165, 1.54) is 12.1 Å².